The molecule has 0 saturated carbocycles. The number of nitrogens with two attached hydrogens (primary N) is 1. The van der Waals surface area contributed by atoms with Gasteiger partial charge >= 0.3 is 0 Å². The zero-order chi connectivity index (χ0) is 16.4. The number of hydrogen-bond donors (Lipinski definition) is 2. The predicted molar refractivity (Wildman–Crippen MR) is 90.3 cm³/mol. The van der Waals surface area contributed by atoms with Crippen molar-refractivity contribution in [1.29, 1.82) is 0 Å². The molecule has 0 radical (unpaired) electrons. The third kappa shape index (κ3) is 3.18. The number of rotatable bonds is 5. The van der Waals surface area contributed by atoms with Crippen molar-refractivity contribution in [3.8, 4) is 0 Å². The molecule has 2 aromatic heterocycles. The van der Waals surface area contributed by atoms with Crippen molar-refractivity contribution in [3.05, 3.63) is 46.2 Å². The summed E-state index contributed by atoms with van der Waals surface area (Å²) in [5.74, 6) is 6.49. The van der Waals surface area contributed by atoms with E-state index < -0.39 is 0 Å². The molecular weight excluding hydrogens is 363 g/mol. The van der Waals surface area contributed by atoms with E-state index in [1.54, 1.807) is 12.1 Å². The van der Waals surface area contributed by atoms with Crippen molar-refractivity contribution in [2.24, 2.45) is 5.84 Å². The van der Waals surface area contributed by atoms with E-state index in [1.807, 2.05) is 11.5 Å². The van der Waals surface area contributed by atoms with E-state index in [2.05, 4.69) is 36.3 Å². The van der Waals surface area contributed by atoms with Crippen LogP contribution in [0.15, 0.2) is 29.0 Å². The first-order valence-corrected chi connectivity index (χ1v) is 8.05. The minimum absolute atomic E-state index is 0.238. The van der Waals surface area contributed by atoms with E-state index >= 15 is 0 Å². The molecule has 0 aliphatic heterocycles. The highest BCUT2D eigenvalue weighted by atomic mass is 79.9. The van der Waals surface area contributed by atoms with Gasteiger partial charge in [-0.25, -0.2) is 25.2 Å². The molecule has 3 aromatic rings. The zero-order valence-electron chi connectivity index (χ0n) is 12.6. The standard InChI is InChI=1S/C15H16BrFN6/c1-2-23-14-12(21-15(23)16)13(22-18)19-11(20-14)8-5-9-3-6-10(17)7-4-9/h3-4,6-7H,2,5,8,18H2,1H3,(H,19,20,22). The van der Waals surface area contributed by atoms with Crippen LogP contribution < -0.4 is 11.3 Å². The number of halogens is 2. The van der Waals surface area contributed by atoms with Crippen LogP contribution in [-0.4, -0.2) is 19.5 Å². The highest BCUT2D eigenvalue weighted by molar-refractivity contribution is 9.10. The van der Waals surface area contributed by atoms with Crippen molar-refractivity contribution >= 4 is 32.9 Å². The van der Waals surface area contributed by atoms with E-state index in [-0.39, 0.29) is 5.82 Å². The van der Waals surface area contributed by atoms with Gasteiger partial charge in [0.1, 0.15) is 11.6 Å². The highest BCUT2D eigenvalue weighted by Crippen LogP contribution is 2.24. The Kier molecular flexibility index (Phi) is 4.53. The average Bonchev–Trinajstić information content (AvgIpc) is 2.88. The Balaban J connectivity index is 1.92. The smallest absolute Gasteiger partial charge is 0.179 e. The monoisotopic (exact) mass is 378 g/mol. The Morgan fingerprint density at radius 2 is 1.91 bits per heavy atom. The molecule has 3 N–H and O–H groups in total. The summed E-state index contributed by atoms with van der Waals surface area (Å²) in [4.78, 5) is 13.4. The van der Waals surface area contributed by atoms with Crippen molar-refractivity contribution < 1.29 is 4.39 Å². The van der Waals surface area contributed by atoms with Crippen LogP contribution in [0.2, 0.25) is 0 Å². The number of aryl methyl sites for hydroxylation is 3. The lowest BCUT2D eigenvalue weighted by atomic mass is 10.1. The number of fused-ring (bicyclic) bond motifs is 1. The van der Waals surface area contributed by atoms with Gasteiger partial charge in [-0.1, -0.05) is 12.1 Å². The van der Waals surface area contributed by atoms with Crippen molar-refractivity contribution in [3.63, 3.8) is 0 Å². The fraction of sp³-hybridized carbons (Fsp3) is 0.267. The molecule has 120 valence electrons. The maximum Gasteiger partial charge on any atom is 0.179 e. The Morgan fingerprint density at radius 3 is 2.57 bits per heavy atom. The van der Waals surface area contributed by atoms with Crippen LogP contribution in [0.4, 0.5) is 10.2 Å². The van der Waals surface area contributed by atoms with Crippen LogP contribution in [0.25, 0.3) is 11.2 Å². The van der Waals surface area contributed by atoms with E-state index in [4.69, 9.17) is 5.84 Å². The predicted octanol–water partition coefficient (Wildman–Crippen LogP) is 2.82. The Hall–Kier alpha value is -2.06. The molecule has 0 aliphatic rings. The number of imidazole rings is 1. The average molecular weight is 379 g/mol. The first-order valence-electron chi connectivity index (χ1n) is 7.26. The molecule has 0 saturated heterocycles. The van der Waals surface area contributed by atoms with E-state index in [1.165, 1.54) is 12.1 Å². The van der Waals surface area contributed by atoms with Crippen molar-refractivity contribution in [2.45, 2.75) is 26.3 Å². The van der Waals surface area contributed by atoms with Gasteiger partial charge in [0, 0.05) is 13.0 Å². The minimum atomic E-state index is -0.238. The normalized spacial score (nSPS) is 11.1. The van der Waals surface area contributed by atoms with Gasteiger partial charge in [-0.15, -0.1) is 0 Å². The van der Waals surface area contributed by atoms with Crippen LogP contribution in [0.3, 0.4) is 0 Å². The molecule has 3 rings (SSSR count). The molecule has 23 heavy (non-hydrogen) atoms. The number of hydrogen-bond acceptors (Lipinski definition) is 5. The van der Waals surface area contributed by atoms with Gasteiger partial charge in [-0.3, -0.25) is 0 Å². The summed E-state index contributed by atoms with van der Waals surface area (Å²) in [5.41, 5.74) is 4.98. The van der Waals surface area contributed by atoms with Crippen LogP contribution in [0.1, 0.15) is 18.3 Å². The number of nitrogens with zero attached hydrogens (tertiary/aromatic N) is 4. The molecular formula is C15H16BrFN6. The van der Waals surface area contributed by atoms with E-state index in [0.717, 1.165) is 24.2 Å². The number of nitrogens with one attached hydrogen (secondary N) is 1. The molecule has 8 heteroatoms. The Morgan fingerprint density at radius 1 is 1.17 bits per heavy atom. The zero-order valence-corrected chi connectivity index (χ0v) is 14.1. The Bertz CT molecular complexity index is 830. The lowest BCUT2D eigenvalue weighted by Gasteiger charge is -2.06. The second-order valence-electron chi connectivity index (χ2n) is 5.06. The number of aromatic nitrogens is 4. The highest BCUT2D eigenvalue weighted by Gasteiger charge is 2.15. The molecule has 1 aromatic carbocycles. The van der Waals surface area contributed by atoms with Crippen LogP contribution in [0.5, 0.6) is 0 Å². The van der Waals surface area contributed by atoms with Crippen LogP contribution >= 0.6 is 15.9 Å². The summed E-state index contributed by atoms with van der Waals surface area (Å²) < 4.78 is 15.6. The largest absolute Gasteiger partial charge is 0.306 e. The summed E-state index contributed by atoms with van der Waals surface area (Å²) in [6, 6.07) is 6.44. The van der Waals surface area contributed by atoms with Gasteiger partial charge in [-0.2, -0.15) is 0 Å². The first-order chi connectivity index (χ1) is 11.1. The molecule has 0 bridgehead atoms. The van der Waals surface area contributed by atoms with Gasteiger partial charge in [0.05, 0.1) is 0 Å². The lowest BCUT2D eigenvalue weighted by Crippen LogP contribution is -2.12. The van der Waals surface area contributed by atoms with Gasteiger partial charge in [0.15, 0.2) is 21.7 Å². The summed E-state index contributed by atoms with van der Waals surface area (Å²) in [6.45, 7) is 2.75. The van der Waals surface area contributed by atoms with Gasteiger partial charge in [-0.05, 0) is 47.0 Å². The second-order valence-corrected chi connectivity index (χ2v) is 5.77. The molecule has 0 aliphatic carbocycles. The van der Waals surface area contributed by atoms with Crippen molar-refractivity contribution in [2.75, 3.05) is 5.43 Å². The lowest BCUT2D eigenvalue weighted by molar-refractivity contribution is 0.627. The summed E-state index contributed by atoms with van der Waals surface area (Å²) in [7, 11) is 0. The van der Waals surface area contributed by atoms with Gasteiger partial charge < -0.3 is 9.99 Å². The molecule has 2 heterocycles. The SMILES string of the molecule is CCn1c(Br)nc2c(NN)nc(CCc3ccc(F)cc3)nc21. The van der Waals surface area contributed by atoms with Crippen LogP contribution in [0, 0.1) is 5.82 Å². The van der Waals surface area contributed by atoms with Gasteiger partial charge in [0.25, 0.3) is 0 Å². The minimum Gasteiger partial charge on any atom is -0.306 e. The number of hydrazine groups is 1. The summed E-state index contributed by atoms with van der Waals surface area (Å²) >= 11 is 3.42. The van der Waals surface area contributed by atoms with E-state index in [9.17, 15) is 4.39 Å². The Labute approximate surface area is 141 Å². The summed E-state index contributed by atoms with van der Waals surface area (Å²) in [5, 5.41) is 0. The van der Waals surface area contributed by atoms with Crippen molar-refractivity contribution in [1.82, 2.24) is 19.5 Å². The topological polar surface area (TPSA) is 81.7 Å². The summed E-state index contributed by atoms with van der Waals surface area (Å²) in [6.07, 6.45) is 1.35. The van der Waals surface area contributed by atoms with Crippen LogP contribution in [-0.2, 0) is 19.4 Å². The number of nitrogen functional groups attached to an aromatic ring is 1. The molecule has 6 nitrogen and oxygen atoms in total. The fourth-order valence-corrected chi connectivity index (χ4v) is 3.02. The molecule has 0 atom stereocenters. The molecule has 0 amide bonds. The second kappa shape index (κ2) is 6.59. The van der Waals surface area contributed by atoms with Gasteiger partial charge in [0.2, 0.25) is 0 Å². The first kappa shape index (κ1) is 15.8. The third-order valence-electron chi connectivity index (χ3n) is 3.60. The fourth-order valence-electron chi connectivity index (χ4n) is 2.42. The molecule has 0 fully saturated rings. The quantitative estimate of drug-likeness (QED) is 0.405. The maximum atomic E-state index is 12.9. The number of benzene rings is 1. The number of anilines is 1. The van der Waals surface area contributed by atoms with E-state index in [0.29, 0.717) is 28.3 Å². The maximum absolute atomic E-state index is 12.9. The molecule has 0 unspecified atom stereocenters. The molecule has 0 spiro atoms. The third-order valence-corrected chi connectivity index (χ3v) is 4.20.